The van der Waals surface area contributed by atoms with Gasteiger partial charge < -0.3 is 10.1 Å². The molecule has 0 aliphatic rings. The fourth-order valence-electron chi connectivity index (χ4n) is 2.42. The number of benzene rings is 2. The molecular weight excluding hydrogens is 418 g/mol. The third kappa shape index (κ3) is 5.12. The van der Waals surface area contributed by atoms with E-state index in [1.807, 2.05) is 0 Å². The van der Waals surface area contributed by atoms with Gasteiger partial charge in [-0.05, 0) is 42.5 Å². The first-order chi connectivity index (χ1) is 13.5. The van der Waals surface area contributed by atoms with Crippen LogP contribution in [0.15, 0.2) is 52.3 Å². The normalized spacial score (nSPS) is 12.0. The summed E-state index contributed by atoms with van der Waals surface area (Å²) in [4.78, 5) is 12.7. The predicted molar refractivity (Wildman–Crippen MR) is 109 cm³/mol. The summed E-state index contributed by atoms with van der Waals surface area (Å²) in [5, 5.41) is 2.61. The highest BCUT2D eigenvalue weighted by Gasteiger charge is 2.20. The summed E-state index contributed by atoms with van der Waals surface area (Å²) in [6.45, 7) is 1.85. The first-order valence-corrected chi connectivity index (χ1v) is 11.5. The zero-order valence-electron chi connectivity index (χ0n) is 16.5. The van der Waals surface area contributed by atoms with Crippen molar-refractivity contribution in [3.8, 4) is 5.75 Å². The van der Waals surface area contributed by atoms with E-state index >= 15 is 0 Å². The van der Waals surface area contributed by atoms with Gasteiger partial charge >= 0.3 is 0 Å². The van der Waals surface area contributed by atoms with Gasteiger partial charge in [0.25, 0.3) is 5.91 Å². The molecule has 0 spiro atoms. The maximum absolute atomic E-state index is 12.7. The lowest BCUT2D eigenvalue weighted by Crippen LogP contribution is -2.24. The van der Waals surface area contributed by atoms with Gasteiger partial charge in [-0.25, -0.2) is 25.9 Å². The highest BCUT2D eigenvalue weighted by Crippen LogP contribution is 2.24. The average Bonchev–Trinajstić information content (AvgIpc) is 2.67. The van der Waals surface area contributed by atoms with Crippen molar-refractivity contribution in [1.82, 2.24) is 9.03 Å². The summed E-state index contributed by atoms with van der Waals surface area (Å²) in [5.74, 6) is -0.400. The number of sulfonamides is 2. The summed E-state index contributed by atoms with van der Waals surface area (Å²) >= 11 is 0. The quantitative estimate of drug-likeness (QED) is 0.640. The molecule has 0 bridgehead atoms. The van der Waals surface area contributed by atoms with Crippen molar-refractivity contribution in [2.45, 2.75) is 16.7 Å². The van der Waals surface area contributed by atoms with Crippen LogP contribution in [0.2, 0.25) is 0 Å². The molecule has 0 aromatic heterocycles. The van der Waals surface area contributed by atoms with Crippen molar-refractivity contribution in [2.24, 2.45) is 0 Å². The Morgan fingerprint density at radius 3 is 2.10 bits per heavy atom. The van der Waals surface area contributed by atoms with Crippen LogP contribution in [0.25, 0.3) is 0 Å². The molecule has 0 unspecified atom stereocenters. The summed E-state index contributed by atoms with van der Waals surface area (Å²) in [7, 11) is -3.13. The summed E-state index contributed by atoms with van der Waals surface area (Å²) in [6, 6.07) is 9.58. The lowest BCUT2D eigenvalue weighted by molar-refractivity contribution is 0.102. The van der Waals surface area contributed by atoms with Crippen molar-refractivity contribution < 1.29 is 26.4 Å². The van der Waals surface area contributed by atoms with Crippen LogP contribution in [0.5, 0.6) is 5.75 Å². The molecule has 9 nitrogen and oxygen atoms in total. The van der Waals surface area contributed by atoms with Crippen LogP contribution in [-0.4, -0.2) is 54.8 Å². The molecule has 29 heavy (non-hydrogen) atoms. The largest absolute Gasteiger partial charge is 0.496 e. The minimum atomic E-state index is -3.75. The molecule has 0 fully saturated rings. The van der Waals surface area contributed by atoms with E-state index in [2.05, 4.69) is 10.0 Å². The maximum atomic E-state index is 12.7. The van der Waals surface area contributed by atoms with E-state index in [1.54, 1.807) is 6.92 Å². The fourth-order valence-corrected chi connectivity index (χ4v) is 4.39. The molecule has 0 heterocycles. The number of carbonyl (C=O) groups excluding carboxylic acids is 1. The van der Waals surface area contributed by atoms with Gasteiger partial charge in [-0.2, -0.15) is 0 Å². The molecule has 0 aliphatic carbocycles. The number of methoxy groups -OCH3 is 1. The second kappa shape index (κ2) is 8.91. The molecule has 2 N–H and O–H groups in total. The van der Waals surface area contributed by atoms with Gasteiger partial charge in [0.05, 0.1) is 22.5 Å². The SMILES string of the molecule is CCNS(=O)(=O)c1ccc(OC)c(C(=O)Nc2ccc(S(=O)(=O)N(C)C)cc2)c1. The van der Waals surface area contributed by atoms with Crippen LogP contribution < -0.4 is 14.8 Å². The molecule has 11 heteroatoms. The van der Waals surface area contributed by atoms with Crippen LogP contribution in [0, 0.1) is 0 Å². The molecule has 1 amide bonds. The van der Waals surface area contributed by atoms with Crippen LogP contribution in [0.3, 0.4) is 0 Å². The van der Waals surface area contributed by atoms with Crippen LogP contribution in [0.1, 0.15) is 17.3 Å². The van der Waals surface area contributed by atoms with Gasteiger partial charge in [-0.15, -0.1) is 0 Å². The zero-order chi connectivity index (χ0) is 21.8. The lowest BCUT2D eigenvalue weighted by atomic mass is 10.2. The van der Waals surface area contributed by atoms with E-state index in [-0.39, 0.29) is 27.6 Å². The molecule has 0 radical (unpaired) electrons. The number of nitrogens with zero attached hydrogens (tertiary/aromatic N) is 1. The van der Waals surface area contributed by atoms with Gasteiger partial charge in [0.15, 0.2) is 0 Å². The Labute approximate surface area is 170 Å². The maximum Gasteiger partial charge on any atom is 0.259 e. The number of hydrogen-bond acceptors (Lipinski definition) is 6. The van der Waals surface area contributed by atoms with Gasteiger partial charge in [-0.3, -0.25) is 4.79 Å². The second-order valence-electron chi connectivity index (χ2n) is 6.13. The second-order valence-corrected chi connectivity index (χ2v) is 10.0. The Kier molecular flexibility index (Phi) is 7.01. The molecule has 0 atom stereocenters. The number of ether oxygens (including phenoxy) is 1. The van der Waals surface area contributed by atoms with Gasteiger partial charge in [-0.1, -0.05) is 6.92 Å². The van der Waals surface area contributed by atoms with Crippen molar-refractivity contribution in [1.29, 1.82) is 0 Å². The van der Waals surface area contributed by atoms with Crippen LogP contribution in [0.4, 0.5) is 5.69 Å². The van der Waals surface area contributed by atoms with Crippen LogP contribution in [-0.2, 0) is 20.0 Å². The highest BCUT2D eigenvalue weighted by atomic mass is 32.2. The third-order valence-electron chi connectivity index (χ3n) is 3.95. The van der Waals surface area contributed by atoms with E-state index in [4.69, 9.17) is 4.74 Å². The smallest absolute Gasteiger partial charge is 0.259 e. The van der Waals surface area contributed by atoms with Gasteiger partial charge in [0, 0.05) is 26.3 Å². The Balaban J connectivity index is 2.33. The monoisotopic (exact) mass is 441 g/mol. The van der Waals surface area contributed by atoms with Gasteiger partial charge in [0.1, 0.15) is 5.75 Å². The van der Waals surface area contributed by atoms with Crippen molar-refractivity contribution >= 4 is 31.6 Å². The van der Waals surface area contributed by atoms with Gasteiger partial charge in [0.2, 0.25) is 20.0 Å². The minimum Gasteiger partial charge on any atom is -0.496 e. The van der Waals surface area contributed by atoms with E-state index in [9.17, 15) is 21.6 Å². The summed E-state index contributed by atoms with van der Waals surface area (Å²) < 4.78 is 57.2. The Bertz CT molecular complexity index is 1090. The summed E-state index contributed by atoms with van der Waals surface area (Å²) in [5.41, 5.74) is 0.367. The van der Waals surface area contributed by atoms with E-state index in [0.717, 1.165) is 4.31 Å². The highest BCUT2D eigenvalue weighted by molar-refractivity contribution is 7.89. The predicted octanol–water partition coefficient (Wildman–Crippen LogP) is 1.50. The minimum absolute atomic E-state index is 0.0245. The molecular formula is C18H23N3O6S2. The molecule has 0 aliphatic heterocycles. The van der Waals surface area contributed by atoms with Crippen molar-refractivity contribution in [3.05, 3.63) is 48.0 Å². The number of rotatable bonds is 8. The molecule has 2 aromatic rings. The van der Waals surface area contributed by atoms with Crippen molar-refractivity contribution in [3.63, 3.8) is 0 Å². The third-order valence-corrected chi connectivity index (χ3v) is 7.32. The lowest BCUT2D eigenvalue weighted by Gasteiger charge is -2.13. The fraction of sp³-hybridized carbons (Fsp3) is 0.278. The number of carbonyl (C=O) groups is 1. The number of anilines is 1. The molecule has 0 saturated carbocycles. The molecule has 158 valence electrons. The first-order valence-electron chi connectivity index (χ1n) is 8.54. The number of hydrogen-bond donors (Lipinski definition) is 2. The number of amides is 1. The number of nitrogens with one attached hydrogen (secondary N) is 2. The molecule has 0 saturated heterocycles. The van der Waals surface area contributed by atoms with Crippen LogP contribution >= 0.6 is 0 Å². The average molecular weight is 442 g/mol. The Hall–Kier alpha value is -2.47. The molecule has 2 aromatic carbocycles. The van der Waals surface area contributed by atoms with E-state index < -0.39 is 26.0 Å². The Morgan fingerprint density at radius 1 is 1.00 bits per heavy atom. The van der Waals surface area contributed by atoms with E-state index in [1.165, 1.54) is 63.7 Å². The topological polar surface area (TPSA) is 122 Å². The Morgan fingerprint density at radius 2 is 1.59 bits per heavy atom. The summed E-state index contributed by atoms with van der Waals surface area (Å²) in [6.07, 6.45) is 0. The van der Waals surface area contributed by atoms with E-state index in [0.29, 0.717) is 5.69 Å². The first kappa shape index (κ1) is 22.8. The molecule has 2 rings (SSSR count). The van der Waals surface area contributed by atoms with Crippen molar-refractivity contribution in [2.75, 3.05) is 33.1 Å². The standard InChI is InChI=1S/C18H23N3O6S2/c1-5-19-28(23,24)15-10-11-17(27-4)16(12-15)18(22)20-13-6-8-14(9-7-13)29(25,26)21(2)3/h6-12,19H,5H2,1-4H3,(H,20,22). The zero-order valence-corrected chi connectivity index (χ0v) is 18.1.